The number of nitrogens with one attached hydrogen (secondary N) is 1. The van der Waals surface area contributed by atoms with E-state index in [9.17, 15) is 5.11 Å². The van der Waals surface area contributed by atoms with Gasteiger partial charge < -0.3 is 10.4 Å². The first-order chi connectivity index (χ1) is 8.25. The van der Waals surface area contributed by atoms with Crippen LogP contribution in [0.25, 0.3) is 0 Å². The van der Waals surface area contributed by atoms with E-state index in [1.165, 1.54) is 22.5 Å². The van der Waals surface area contributed by atoms with Crippen LogP contribution in [0.15, 0.2) is 35.7 Å². The van der Waals surface area contributed by atoms with Crippen LogP contribution in [-0.4, -0.2) is 5.11 Å². The van der Waals surface area contributed by atoms with Crippen LogP contribution >= 0.6 is 22.9 Å². The fourth-order valence-corrected chi connectivity index (χ4v) is 3.36. The third kappa shape index (κ3) is 2.00. The molecule has 2 aromatic rings. The van der Waals surface area contributed by atoms with Crippen molar-refractivity contribution in [1.82, 2.24) is 5.32 Å². The van der Waals surface area contributed by atoms with Crippen molar-refractivity contribution in [1.29, 1.82) is 0 Å². The zero-order chi connectivity index (χ0) is 11.8. The molecule has 1 aromatic carbocycles. The summed E-state index contributed by atoms with van der Waals surface area (Å²) in [4.78, 5) is 0.907. The summed E-state index contributed by atoms with van der Waals surface area (Å²) < 4.78 is 0. The van der Waals surface area contributed by atoms with E-state index in [2.05, 4.69) is 17.4 Å². The van der Waals surface area contributed by atoms with Crippen molar-refractivity contribution in [2.24, 2.45) is 0 Å². The average molecular weight is 266 g/mol. The summed E-state index contributed by atoms with van der Waals surface area (Å²) in [5, 5.41) is 16.3. The van der Waals surface area contributed by atoms with Gasteiger partial charge in [-0.15, -0.1) is 11.3 Å². The summed E-state index contributed by atoms with van der Waals surface area (Å²) in [5.74, 6) is 0. The lowest BCUT2D eigenvalue weighted by molar-refractivity contribution is 0.137. The predicted octanol–water partition coefficient (Wildman–Crippen LogP) is 3.28. The molecule has 0 amide bonds. The third-order valence-electron chi connectivity index (χ3n) is 3.10. The lowest BCUT2D eigenvalue weighted by Gasteiger charge is -2.18. The molecule has 0 radical (unpaired) electrons. The molecule has 2 unspecified atom stereocenters. The van der Waals surface area contributed by atoms with Crippen LogP contribution in [0.3, 0.4) is 0 Å². The molecule has 2 atom stereocenters. The Balaban J connectivity index is 1.92. The van der Waals surface area contributed by atoms with Gasteiger partial charge in [0.1, 0.15) is 6.10 Å². The summed E-state index contributed by atoms with van der Waals surface area (Å²) >= 11 is 7.39. The van der Waals surface area contributed by atoms with E-state index < -0.39 is 6.10 Å². The van der Waals surface area contributed by atoms with Crippen LogP contribution < -0.4 is 5.32 Å². The number of thiophene rings is 1. The Morgan fingerprint density at radius 2 is 2.24 bits per heavy atom. The zero-order valence-electron chi connectivity index (χ0n) is 9.06. The number of halogens is 1. The maximum atomic E-state index is 10.4. The van der Waals surface area contributed by atoms with Crippen LogP contribution in [0.4, 0.5) is 0 Å². The molecule has 88 valence electrons. The van der Waals surface area contributed by atoms with E-state index >= 15 is 0 Å². The van der Waals surface area contributed by atoms with E-state index in [0.29, 0.717) is 5.02 Å². The van der Waals surface area contributed by atoms with Crippen LogP contribution in [0.1, 0.15) is 28.1 Å². The van der Waals surface area contributed by atoms with Crippen LogP contribution in [0.5, 0.6) is 0 Å². The van der Waals surface area contributed by atoms with Gasteiger partial charge in [0, 0.05) is 16.8 Å². The third-order valence-corrected chi connectivity index (χ3v) is 4.45. The molecule has 2 N–H and O–H groups in total. The van der Waals surface area contributed by atoms with Crippen molar-refractivity contribution >= 4 is 22.9 Å². The first-order valence-electron chi connectivity index (χ1n) is 5.49. The van der Waals surface area contributed by atoms with E-state index in [1.807, 2.05) is 23.6 Å². The van der Waals surface area contributed by atoms with Gasteiger partial charge in [-0.25, -0.2) is 0 Å². The topological polar surface area (TPSA) is 32.3 Å². The Labute approximate surface area is 109 Å². The zero-order valence-corrected chi connectivity index (χ0v) is 10.6. The number of aliphatic hydroxyl groups is 1. The SMILES string of the molecule is OC(c1cc(Cl)cs1)C1NCc2ccccc21. The van der Waals surface area contributed by atoms with Gasteiger partial charge in [-0.3, -0.25) is 0 Å². The molecule has 4 heteroatoms. The fourth-order valence-electron chi connectivity index (χ4n) is 2.26. The van der Waals surface area contributed by atoms with Crippen molar-refractivity contribution in [2.45, 2.75) is 18.7 Å². The van der Waals surface area contributed by atoms with E-state index in [4.69, 9.17) is 11.6 Å². The monoisotopic (exact) mass is 265 g/mol. The summed E-state index contributed by atoms with van der Waals surface area (Å²) in [6.07, 6.45) is -0.531. The maximum Gasteiger partial charge on any atom is 0.108 e. The summed E-state index contributed by atoms with van der Waals surface area (Å²) in [6.45, 7) is 0.816. The molecule has 0 fully saturated rings. The summed E-state index contributed by atoms with van der Waals surface area (Å²) in [7, 11) is 0. The minimum atomic E-state index is -0.531. The number of hydrogen-bond acceptors (Lipinski definition) is 3. The van der Waals surface area contributed by atoms with E-state index in [1.54, 1.807) is 0 Å². The average Bonchev–Trinajstić information content (AvgIpc) is 2.94. The maximum absolute atomic E-state index is 10.4. The number of fused-ring (bicyclic) bond motifs is 1. The highest BCUT2D eigenvalue weighted by atomic mass is 35.5. The van der Waals surface area contributed by atoms with Gasteiger partial charge >= 0.3 is 0 Å². The molecule has 2 nitrogen and oxygen atoms in total. The van der Waals surface area contributed by atoms with Crippen molar-refractivity contribution in [2.75, 3.05) is 0 Å². The lowest BCUT2D eigenvalue weighted by Crippen LogP contribution is -2.19. The fraction of sp³-hybridized carbons (Fsp3) is 0.231. The Bertz CT molecular complexity index is 540. The van der Waals surface area contributed by atoms with Gasteiger partial charge in [-0.2, -0.15) is 0 Å². The van der Waals surface area contributed by atoms with Crippen LogP contribution in [0, 0.1) is 0 Å². The Morgan fingerprint density at radius 1 is 1.41 bits per heavy atom. The Hall–Kier alpha value is -0.870. The Morgan fingerprint density at radius 3 is 3.00 bits per heavy atom. The second-order valence-electron chi connectivity index (χ2n) is 4.17. The molecule has 2 heterocycles. The highest BCUT2D eigenvalue weighted by Gasteiger charge is 2.29. The molecule has 0 bridgehead atoms. The first kappa shape index (κ1) is 11.2. The van der Waals surface area contributed by atoms with Crippen molar-refractivity contribution in [3.63, 3.8) is 0 Å². The minimum Gasteiger partial charge on any atom is -0.386 e. The molecular weight excluding hydrogens is 254 g/mol. The molecule has 3 rings (SSSR count). The quantitative estimate of drug-likeness (QED) is 0.873. The van der Waals surface area contributed by atoms with E-state index in [0.717, 1.165) is 11.4 Å². The molecule has 0 spiro atoms. The predicted molar refractivity (Wildman–Crippen MR) is 70.3 cm³/mol. The second-order valence-corrected chi connectivity index (χ2v) is 5.55. The molecule has 1 aliphatic heterocycles. The lowest BCUT2D eigenvalue weighted by atomic mass is 10.00. The normalized spacial score (nSPS) is 20.2. The van der Waals surface area contributed by atoms with Gasteiger partial charge in [0.15, 0.2) is 0 Å². The van der Waals surface area contributed by atoms with Gasteiger partial charge in [0.25, 0.3) is 0 Å². The molecular formula is C13H12ClNOS. The van der Waals surface area contributed by atoms with Gasteiger partial charge in [-0.05, 0) is 17.2 Å². The summed E-state index contributed by atoms with van der Waals surface area (Å²) in [6, 6.07) is 10.00. The molecule has 1 aromatic heterocycles. The van der Waals surface area contributed by atoms with E-state index in [-0.39, 0.29) is 6.04 Å². The minimum absolute atomic E-state index is 0.0269. The molecule has 0 saturated heterocycles. The number of aliphatic hydroxyl groups excluding tert-OH is 1. The molecule has 0 saturated carbocycles. The van der Waals surface area contributed by atoms with Crippen LogP contribution in [-0.2, 0) is 6.54 Å². The van der Waals surface area contributed by atoms with Crippen LogP contribution in [0.2, 0.25) is 5.02 Å². The number of hydrogen-bond donors (Lipinski definition) is 2. The number of rotatable bonds is 2. The molecule has 17 heavy (non-hydrogen) atoms. The van der Waals surface area contributed by atoms with Crippen molar-refractivity contribution < 1.29 is 5.11 Å². The first-order valence-corrected chi connectivity index (χ1v) is 6.74. The van der Waals surface area contributed by atoms with Gasteiger partial charge in [0.05, 0.1) is 11.1 Å². The molecule has 1 aliphatic rings. The Kier molecular flexibility index (Phi) is 2.92. The molecule has 0 aliphatic carbocycles. The smallest absolute Gasteiger partial charge is 0.108 e. The van der Waals surface area contributed by atoms with Gasteiger partial charge in [-0.1, -0.05) is 35.9 Å². The van der Waals surface area contributed by atoms with Crippen molar-refractivity contribution in [3.05, 3.63) is 56.7 Å². The largest absolute Gasteiger partial charge is 0.386 e. The van der Waals surface area contributed by atoms with Crippen molar-refractivity contribution in [3.8, 4) is 0 Å². The number of benzene rings is 1. The highest BCUT2D eigenvalue weighted by molar-refractivity contribution is 7.10. The standard InChI is InChI=1S/C13H12ClNOS/c14-9-5-11(17-7-9)13(16)12-10-4-2-1-3-8(10)6-15-12/h1-5,7,12-13,15-16H,6H2. The summed E-state index contributed by atoms with van der Waals surface area (Å²) in [5.41, 5.74) is 2.45. The highest BCUT2D eigenvalue weighted by Crippen LogP contribution is 2.37. The second kappa shape index (κ2) is 4.42. The van der Waals surface area contributed by atoms with Gasteiger partial charge in [0.2, 0.25) is 0 Å².